The lowest BCUT2D eigenvalue weighted by Crippen LogP contribution is -2.56. The van der Waals surface area contributed by atoms with E-state index in [1.165, 1.54) is 0 Å². The normalized spacial score (nSPS) is 46.4. The van der Waals surface area contributed by atoms with Gasteiger partial charge in [0.05, 0.1) is 32.0 Å². The molecule has 1 unspecified atom stereocenters. The maximum absolute atomic E-state index is 9.93. The molecule has 2 aliphatic rings. The van der Waals surface area contributed by atoms with E-state index in [0.29, 0.717) is 6.42 Å². The van der Waals surface area contributed by atoms with Crippen molar-refractivity contribution >= 4 is 0 Å². The molecule has 0 aromatic rings. The van der Waals surface area contributed by atoms with Crippen molar-refractivity contribution in [3.05, 3.63) is 0 Å². The third kappa shape index (κ3) is 3.66. The van der Waals surface area contributed by atoms with Crippen LogP contribution >= 0.6 is 0 Å². The Morgan fingerprint density at radius 1 is 1.00 bits per heavy atom. The van der Waals surface area contributed by atoms with E-state index in [4.69, 9.17) is 24.4 Å². The van der Waals surface area contributed by atoms with Gasteiger partial charge in [0.15, 0.2) is 6.29 Å². The summed E-state index contributed by atoms with van der Waals surface area (Å²) in [5, 5.41) is 47.4. The molecule has 0 bridgehead atoms. The molecule has 20 heavy (non-hydrogen) atoms. The van der Waals surface area contributed by atoms with Crippen molar-refractivity contribution in [2.24, 2.45) is 0 Å². The van der Waals surface area contributed by atoms with Crippen LogP contribution in [-0.2, 0) is 14.2 Å². The summed E-state index contributed by atoms with van der Waals surface area (Å²) >= 11 is 0. The highest BCUT2D eigenvalue weighted by Gasteiger charge is 2.41. The standard InChI is InChI=1S/C12H22O8/c13-3-7-1-6(15)2-10(19-7)20-9-5-18-8(4-14)11(16)12(9)17/h6-17H,1-5H2/t6-,7-,8+,9-,10-,11+,12?/m0/s1. The average Bonchev–Trinajstić information content (AvgIpc) is 2.43. The molecule has 2 rings (SSSR count). The van der Waals surface area contributed by atoms with Gasteiger partial charge in [0.2, 0.25) is 0 Å². The zero-order chi connectivity index (χ0) is 14.7. The fourth-order valence-electron chi connectivity index (χ4n) is 2.48. The van der Waals surface area contributed by atoms with Crippen molar-refractivity contribution in [2.45, 2.75) is 55.8 Å². The van der Waals surface area contributed by atoms with Crippen LogP contribution in [0.4, 0.5) is 0 Å². The van der Waals surface area contributed by atoms with E-state index in [1.807, 2.05) is 0 Å². The summed E-state index contributed by atoms with van der Waals surface area (Å²) in [6.07, 6.45) is -5.51. The van der Waals surface area contributed by atoms with Crippen LogP contribution in [0.25, 0.3) is 0 Å². The zero-order valence-corrected chi connectivity index (χ0v) is 11.0. The van der Waals surface area contributed by atoms with Gasteiger partial charge < -0.3 is 39.7 Å². The molecule has 0 aliphatic carbocycles. The monoisotopic (exact) mass is 294 g/mol. The van der Waals surface area contributed by atoms with Crippen molar-refractivity contribution in [3.8, 4) is 0 Å². The van der Waals surface area contributed by atoms with Gasteiger partial charge in [0, 0.05) is 12.8 Å². The predicted molar refractivity (Wildman–Crippen MR) is 64.7 cm³/mol. The number of ether oxygens (including phenoxy) is 3. The summed E-state index contributed by atoms with van der Waals surface area (Å²) in [5.74, 6) is 0. The van der Waals surface area contributed by atoms with Crippen LogP contribution in [0.2, 0.25) is 0 Å². The van der Waals surface area contributed by atoms with Crippen molar-refractivity contribution in [2.75, 3.05) is 19.8 Å². The Morgan fingerprint density at radius 2 is 1.75 bits per heavy atom. The van der Waals surface area contributed by atoms with Crippen LogP contribution < -0.4 is 0 Å². The van der Waals surface area contributed by atoms with E-state index in [-0.39, 0.29) is 19.6 Å². The highest BCUT2D eigenvalue weighted by molar-refractivity contribution is 4.88. The Labute approximate surface area is 116 Å². The van der Waals surface area contributed by atoms with Crippen LogP contribution in [0.1, 0.15) is 12.8 Å². The van der Waals surface area contributed by atoms with Crippen LogP contribution in [0, 0.1) is 0 Å². The molecule has 2 aliphatic heterocycles. The summed E-state index contributed by atoms with van der Waals surface area (Å²) in [4.78, 5) is 0. The molecule has 0 spiro atoms. The quantitative estimate of drug-likeness (QED) is 0.380. The van der Waals surface area contributed by atoms with E-state index in [2.05, 4.69) is 0 Å². The van der Waals surface area contributed by atoms with E-state index in [1.54, 1.807) is 0 Å². The maximum Gasteiger partial charge on any atom is 0.161 e. The number of hydrogen-bond donors (Lipinski definition) is 5. The summed E-state index contributed by atoms with van der Waals surface area (Å²) < 4.78 is 16.1. The van der Waals surface area contributed by atoms with Crippen molar-refractivity contribution < 1.29 is 39.7 Å². The summed E-state index contributed by atoms with van der Waals surface area (Å²) in [6, 6.07) is 0. The lowest BCUT2D eigenvalue weighted by molar-refractivity contribution is -0.284. The highest BCUT2D eigenvalue weighted by atomic mass is 16.7. The predicted octanol–water partition coefficient (Wildman–Crippen LogP) is -2.66. The van der Waals surface area contributed by atoms with Gasteiger partial charge in [0.25, 0.3) is 0 Å². The lowest BCUT2D eigenvalue weighted by Gasteiger charge is -2.40. The molecule has 8 heteroatoms. The van der Waals surface area contributed by atoms with Gasteiger partial charge in [-0.2, -0.15) is 0 Å². The second-order valence-electron chi connectivity index (χ2n) is 5.21. The molecule has 0 radical (unpaired) electrons. The molecule has 0 amide bonds. The molecular weight excluding hydrogens is 272 g/mol. The molecule has 2 fully saturated rings. The van der Waals surface area contributed by atoms with E-state index < -0.39 is 49.5 Å². The minimum absolute atomic E-state index is 0.00317. The SMILES string of the molecule is OC[C@@H]1C[C@H](O)C[C@H](O[C@H]2CO[C@H](CO)[C@@H](O)C2O)O1. The second kappa shape index (κ2) is 7.10. The molecule has 5 N–H and O–H groups in total. The first-order valence-corrected chi connectivity index (χ1v) is 6.73. The van der Waals surface area contributed by atoms with E-state index in [9.17, 15) is 15.3 Å². The van der Waals surface area contributed by atoms with Gasteiger partial charge in [-0.1, -0.05) is 0 Å². The highest BCUT2D eigenvalue weighted by Crippen LogP contribution is 2.25. The smallest absolute Gasteiger partial charge is 0.161 e. The minimum Gasteiger partial charge on any atom is -0.394 e. The Kier molecular flexibility index (Phi) is 5.70. The number of aliphatic hydroxyl groups excluding tert-OH is 5. The number of rotatable bonds is 4. The summed E-state index contributed by atoms with van der Waals surface area (Å²) in [6.45, 7) is -0.616. The molecule has 0 saturated carbocycles. The minimum atomic E-state index is -1.25. The molecule has 0 aromatic heterocycles. The molecular formula is C12H22O8. The number of aliphatic hydroxyl groups is 5. The van der Waals surface area contributed by atoms with E-state index >= 15 is 0 Å². The second-order valence-corrected chi connectivity index (χ2v) is 5.21. The van der Waals surface area contributed by atoms with Crippen molar-refractivity contribution in [3.63, 3.8) is 0 Å². The molecule has 118 valence electrons. The van der Waals surface area contributed by atoms with Crippen LogP contribution in [0.15, 0.2) is 0 Å². The first-order chi connectivity index (χ1) is 9.55. The third-order valence-electron chi connectivity index (χ3n) is 3.64. The van der Waals surface area contributed by atoms with Crippen molar-refractivity contribution in [1.29, 1.82) is 0 Å². The van der Waals surface area contributed by atoms with Crippen LogP contribution in [0.3, 0.4) is 0 Å². The topological polar surface area (TPSA) is 129 Å². The van der Waals surface area contributed by atoms with Gasteiger partial charge >= 0.3 is 0 Å². The molecule has 2 heterocycles. The van der Waals surface area contributed by atoms with Gasteiger partial charge in [-0.15, -0.1) is 0 Å². The third-order valence-corrected chi connectivity index (χ3v) is 3.64. The largest absolute Gasteiger partial charge is 0.394 e. The fourth-order valence-corrected chi connectivity index (χ4v) is 2.48. The lowest BCUT2D eigenvalue weighted by atomic mass is 10.00. The van der Waals surface area contributed by atoms with Crippen LogP contribution in [-0.4, -0.2) is 88.3 Å². The number of hydrogen-bond acceptors (Lipinski definition) is 8. The van der Waals surface area contributed by atoms with Gasteiger partial charge in [-0.3, -0.25) is 0 Å². The summed E-state index contributed by atoms with van der Waals surface area (Å²) in [5.41, 5.74) is 0. The van der Waals surface area contributed by atoms with Gasteiger partial charge in [-0.05, 0) is 0 Å². The van der Waals surface area contributed by atoms with Gasteiger partial charge in [0.1, 0.15) is 24.4 Å². The van der Waals surface area contributed by atoms with E-state index in [0.717, 1.165) is 0 Å². The Hall–Kier alpha value is -0.320. The van der Waals surface area contributed by atoms with Crippen molar-refractivity contribution in [1.82, 2.24) is 0 Å². The molecule has 0 aromatic carbocycles. The Morgan fingerprint density at radius 3 is 2.40 bits per heavy atom. The Bertz CT molecular complexity index is 301. The fraction of sp³-hybridized carbons (Fsp3) is 1.00. The molecule has 2 saturated heterocycles. The summed E-state index contributed by atoms with van der Waals surface area (Å²) in [7, 11) is 0. The maximum atomic E-state index is 9.93. The Balaban J connectivity index is 1.89. The first-order valence-electron chi connectivity index (χ1n) is 6.73. The average molecular weight is 294 g/mol. The van der Waals surface area contributed by atoms with Crippen LogP contribution in [0.5, 0.6) is 0 Å². The molecule has 8 nitrogen and oxygen atoms in total. The molecule has 7 atom stereocenters. The van der Waals surface area contributed by atoms with Gasteiger partial charge in [-0.25, -0.2) is 0 Å². The first kappa shape index (κ1) is 16.1. The zero-order valence-electron chi connectivity index (χ0n) is 11.0.